The monoisotopic (exact) mass is 446 g/mol. The second kappa shape index (κ2) is 8.74. The first kappa shape index (κ1) is 22.0. The first-order chi connectivity index (χ1) is 15.4. The number of aromatic nitrogens is 2. The van der Waals surface area contributed by atoms with Gasteiger partial charge in [0.05, 0.1) is 23.1 Å². The Morgan fingerprint density at radius 1 is 1.22 bits per heavy atom. The van der Waals surface area contributed by atoms with E-state index in [1.807, 2.05) is 53.9 Å². The lowest BCUT2D eigenvalue weighted by Gasteiger charge is -2.24. The Balaban J connectivity index is 1.85. The van der Waals surface area contributed by atoms with Gasteiger partial charge >= 0.3 is 0 Å². The maximum absolute atomic E-state index is 9.92. The Hall–Kier alpha value is -3.20. The average Bonchev–Trinajstić information content (AvgIpc) is 3.43. The zero-order valence-electron chi connectivity index (χ0n) is 18.6. The summed E-state index contributed by atoms with van der Waals surface area (Å²) >= 11 is 1.49. The molecule has 32 heavy (non-hydrogen) atoms. The summed E-state index contributed by atoms with van der Waals surface area (Å²) in [6, 6.07) is 12.2. The van der Waals surface area contributed by atoms with Crippen molar-refractivity contribution in [2.45, 2.75) is 36.1 Å². The van der Waals surface area contributed by atoms with Crippen LogP contribution in [0.1, 0.15) is 36.9 Å². The number of rotatable bonds is 6. The molecular formula is C24H26N6OS. The number of benzene rings is 1. The fraction of sp³-hybridized carbons (Fsp3) is 0.375. The minimum Gasteiger partial charge on any atom is -0.490 e. The fourth-order valence-corrected chi connectivity index (χ4v) is 4.90. The molecule has 0 unspecified atom stereocenters. The second-order valence-corrected chi connectivity index (χ2v) is 9.28. The number of pyridine rings is 1. The first-order valence-electron chi connectivity index (χ1n) is 10.5. The summed E-state index contributed by atoms with van der Waals surface area (Å²) in [7, 11) is 3.81. The third-order valence-electron chi connectivity index (χ3n) is 6.04. The quantitative estimate of drug-likeness (QED) is 0.566. The van der Waals surface area contributed by atoms with E-state index in [-0.39, 0.29) is 5.54 Å². The smallest absolute Gasteiger partial charge is 0.150 e. The van der Waals surface area contributed by atoms with Crippen molar-refractivity contribution in [1.82, 2.24) is 9.38 Å². The van der Waals surface area contributed by atoms with Gasteiger partial charge in [-0.1, -0.05) is 12.8 Å². The van der Waals surface area contributed by atoms with Gasteiger partial charge in [-0.15, -0.1) is 11.8 Å². The van der Waals surface area contributed by atoms with Gasteiger partial charge < -0.3 is 15.4 Å². The number of ether oxygens (including phenoxy) is 1. The topological polar surface area (TPSA) is 103 Å². The largest absolute Gasteiger partial charge is 0.490 e. The molecule has 0 atom stereocenters. The Bertz CT molecular complexity index is 1240. The van der Waals surface area contributed by atoms with Crippen LogP contribution in [0.4, 0.5) is 5.69 Å². The van der Waals surface area contributed by atoms with Crippen molar-refractivity contribution >= 4 is 23.1 Å². The van der Waals surface area contributed by atoms with Crippen molar-refractivity contribution in [3.8, 4) is 29.1 Å². The van der Waals surface area contributed by atoms with Gasteiger partial charge in [0.2, 0.25) is 0 Å². The van der Waals surface area contributed by atoms with E-state index in [4.69, 9.17) is 10.5 Å². The summed E-state index contributed by atoms with van der Waals surface area (Å²) in [5.41, 5.74) is 10.3. The van der Waals surface area contributed by atoms with E-state index in [0.29, 0.717) is 29.3 Å². The standard InChI is InChI=1S/C24H26N6OS/c1-29(2)18-6-7-23-28-14-20(30(23)19(18)13-26)16-10-21(17(12-25)22(11-16)32-3)31-15-24(27)8-4-5-9-24/h6-7,10-11,14H,4-5,8-9,15,27H2,1-3H3. The van der Waals surface area contributed by atoms with Gasteiger partial charge in [-0.05, 0) is 43.4 Å². The third kappa shape index (κ3) is 3.88. The first-order valence-corrected chi connectivity index (χ1v) is 11.8. The summed E-state index contributed by atoms with van der Waals surface area (Å²) in [6.07, 6.45) is 7.75. The minimum atomic E-state index is -0.347. The Morgan fingerprint density at radius 3 is 2.59 bits per heavy atom. The molecule has 8 heteroatoms. The molecule has 1 saturated carbocycles. The van der Waals surface area contributed by atoms with Crippen LogP contribution in [0.25, 0.3) is 16.9 Å². The van der Waals surface area contributed by atoms with Crippen LogP contribution in [0.3, 0.4) is 0 Å². The molecule has 4 rings (SSSR count). The van der Waals surface area contributed by atoms with Crippen LogP contribution < -0.4 is 15.4 Å². The maximum Gasteiger partial charge on any atom is 0.150 e. The third-order valence-corrected chi connectivity index (χ3v) is 6.80. The number of hydrogen-bond acceptors (Lipinski definition) is 7. The average molecular weight is 447 g/mol. The van der Waals surface area contributed by atoms with Crippen molar-refractivity contribution < 1.29 is 4.74 Å². The van der Waals surface area contributed by atoms with E-state index in [2.05, 4.69) is 17.1 Å². The maximum atomic E-state index is 9.92. The van der Waals surface area contributed by atoms with Crippen molar-refractivity contribution in [3.63, 3.8) is 0 Å². The molecule has 1 aromatic carbocycles. The highest BCUT2D eigenvalue weighted by Gasteiger charge is 2.30. The Morgan fingerprint density at radius 2 is 1.97 bits per heavy atom. The van der Waals surface area contributed by atoms with Crippen LogP contribution in [-0.4, -0.2) is 41.9 Å². The van der Waals surface area contributed by atoms with Crippen molar-refractivity contribution in [3.05, 3.63) is 41.7 Å². The molecule has 0 aliphatic heterocycles. The SMILES string of the molecule is CSc1cc(-c2cnc3ccc(N(C)C)c(C#N)n23)cc(OCC2(N)CCCC2)c1C#N. The van der Waals surface area contributed by atoms with Crippen molar-refractivity contribution in [2.24, 2.45) is 5.73 Å². The number of anilines is 1. The number of fused-ring (bicyclic) bond motifs is 1. The zero-order chi connectivity index (χ0) is 22.9. The van der Waals surface area contributed by atoms with Crippen LogP contribution in [-0.2, 0) is 0 Å². The highest BCUT2D eigenvalue weighted by atomic mass is 32.2. The Labute approximate surface area is 192 Å². The van der Waals surface area contributed by atoms with Gasteiger partial charge in [0, 0.05) is 24.6 Å². The summed E-state index contributed by atoms with van der Waals surface area (Å²) in [4.78, 5) is 7.23. The molecule has 2 aromatic heterocycles. The molecule has 0 radical (unpaired) electrons. The molecule has 1 aliphatic rings. The van der Waals surface area contributed by atoms with Crippen LogP contribution in [0, 0.1) is 22.7 Å². The number of nitrogens with zero attached hydrogens (tertiary/aromatic N) is 5. The van der Waals surface area contributed by atoms with Gasteiger partial charge in [-0.25, -0.2) is 4.98 Å². The normalized spacial score (nSPS) is 14.8. The molecule has 0 saturated heterocycles. The lowest BCUT2D eigenvalue weighted by molar-refractivity contribution is 0.219. The summed E-state index contributed by atoms with van der Waals surface area (Å²) in [6.45, 7) is 0.375. The van der Waals surface area contributed by atoms with Gasteiger partial charge in [0.15, 0.2) is 0 Å². The molecule has 1 fully saturated rings. The molecule has 3 aromatic rings. The molecule has 0 amide bonds. The van der Waals surface area contributed by atoms with E-state index in [1.165, 1.54) is 11.8 Å². The van der Waals surface area contributed by atoms with Gasteiger partial charge in [0.1, 0.15) is 41.4 Å². The fourth-order valence-electron chi connectivity index (χ4n) is 4.31. The van der Waals surface area contributed by atoms with E-state index >= 15 is 0 Å². The number of thioether (sulfide) groups is 1. The lowest BCUT2D eigenvalue weighted by atomic mass is 10.0. The number of hydrogen-bond donors (Lipinski definition) is 1. The number of nitrogens with two attached hydrogens (primary N) is 1. The molecule has 2 heterocycles. The lowest BCUT2D eigenvalue weighted by Crippen LogP contribution is -2.42. The van der Waals surface area contributed by atoms with Crippen LogP contribution >= 0.6 is 11.8 Å². The van der Waals surface area contributed by atoms with E-state index < -0.39 is 0 Å². The molecule has 2 N–H and O–H groups in total. The van der Waals surface area contributed by atoms with E-state index in [0.717, 1.165) is 47.5 Å². The predicted molar refractivity (Wildman–Crippen MR) is 127 cm³/mol. The molecule has 0 spiro atoms. The van der Waals surface area contributed by atoms with Gasteiger partial charge in [-0.3, -0.25) is 4.40 Å². The highest BCUT2D eigenvalue weighted by Crippen LogP contribution is 2.37. The molecule has 164 valence electrons. The van der Waals surface area contributed by atoms with E-state index in [1.54, 1.807) is 6.20 Å². The Kier molecular flexibility index (Phi) is 6.01. The minimum absolute atomic E-state index is 0.347. The predicted octanol–water partition coefficient (Wildman–Crippen LogP) is 4.18. The summed E-state index contributed by atoms with van der Waals surface area (Å²) < 4.78 is 8.02. The molecule has 7 nitrogen and oxygen atoms in total. The molecule has 0 bridgehead atoms. The van der Waals surface area contributed by atoms with Crippen LogP contribution in [0.15, 0.2) is 35.4 Å². The van der Waals surface area contributed by atoms with Crippen LogP contribution in [0.5, 0.6) is 5.75 Å². The summed E-state index contributed by atoms with van der Waals surface area (Å²) in [5, 5.41) is 19.7. The number of nitriles is 2. The van der Waals surface area contributed by atoms with Crippen LogP contribution in [0.2, 0.25) is 0 Å². The van der Waals surface area contributed by atoms with E-state index in [9.17, 15) is 10.5 Å². The van der Waals surface area contributed by atoms with Gasteiger partial charge in [0.25, 0.3) is 0 Å². The molecular weight excluding hydrogens is 420 g/mol. The zero-order valence-corrected chi connectivity index (χ0v) is 19.4. The highest BCUT2D eigenvalue weighted by molar-refractivity contribution is 7.98. The second-order valence-electron chi connectivity index (χ2n) is 8.43. The van der Waals surface area contributed by atoms with Crippen molar-refractivity contribution in [2.75, 3.05) is 31.9 Å². The van der Waals surface area contributed by atoms with Crippen molar-refractivity contribution in [1.29, 1.82) is 10.5 Å². The number of imidazole rings is 1. The molecule has 1 aliphatic carbocycles. The van der Waals surface area contributed by atoms with Gasteiger partial charge in [-0.2, -0.15) is 10.5 Å². The summed E-state index contributed by atoms with van der Waals surface area (Å²) in [5.74, 6) is 0.517.